The number of nitrogens with one attached hydrogen (secondary N) is 2. The minimum absolute atomic E-state index is 0.0621. The van der Waals surface area contributed by atoms with E-state index in [1.165, 1.54) is 5.71 Å². The van der Waals surface area contributed by atoms with Gasteiger partial charge in [0.05, 0.1) is 43.8 Å². The summed E-state index contributed by atoms with van der Waals surface area (Å²) in [7, 11) is 6.45. The number of likely N-dealkylation sites (N-methyl/N-ethyl adjacent to an activating group) is 3. The molecular weight excluding hydrogens is 378 g/mol. The van der Waals surface area contributed by atoms with Crippen molar-refractivity contribution in [1.82, 2.24) is 25.3 Å². The Labute approximate surface area is 179 Å². The highest BCUT2D eigenvalue weighted by atomic mass is 15.3. The summed E-state index contributed by atoms with van der Waals surface area (Å²) >= 11 is 0. The molecule has 30 heavy (non-hydrogen) atoms. The van der Waals surface area contributed by atoms with Crippen LogP contribution in [0.4, 0.5) is 0 Å². The summed E-state index contributed by atoms with van der Waals surface area (Å²) in [6.07, 6.45) is 1.13. The molecule has 5 rings (SSSR count). The first-order chi connectivity index (χ1) is 14.5. The van der Waals surface area contributed by atoms with Crippen molar-refractivity contribution in [3.63, 3.8) is 0 Å². The second-order valence-corrected chi connectivity index (χ2v) is 9.22. The predicted octanol–water partition coefficient (Wildman–Crippen LogP) is -0.834. The minimum atomic E-state index is 0.0621. The molecule has 5 aliphatic heterocycles. The van der Waals surface area contributed by atoms with Gasteiger partial charge in [-0.3, -0.25) is 30.6 Å². The molecule has 5 unspecified atom stereocenters. The summed E-state index contributed by atoms with van der Waals surface area (Å²) in [5.41, 5.74) is 1.28. The van der Waals surface area contributed by atoms with Crippen molar-refractivity contribution in [2.75, 3.05) is 67.0 Å². The van der Waals surface area contributed by atoms with Crippen LogP contribution in [0.15, 0.2) is 20.0 Å². The molecule has 5 heterocycles. The Kier molecular flexibility index (Phi) is 5.26. The second-order valence-electron chi connectivity index (χ2n) is 9.22. The first-order valence-electron chi connectivity index (χ1n) is 11.4. The molecule has 164 valence electrons. The predicted molar refractivity (Wildman–Crippen MR) is 122 cm³/mol. The Balaban J connectivity index is 1.54. The monoisotopic (exact) mass is 413 g/mol. The minimum Gasteiger partial charge on any atom is -0.360 e. The topological polar surface area (TPSA) is 83.2 Å². The third kappa shape index (κ3) is 3.32. The lowest BCUT2D eigenvalue weighted by Gasteiger charge is -2.46. The van der Waals surface area contributed by atoms with E-state index in [9.17, 15) is 0 Å². The maximum absolute atomic E-state index is 4.95. The number of hydrogen-bond donors (Lipinski definition) is 2. The Hall–Kier alpha value is -2.00. The average molecular weight is 414 g/mol. The summed E-state index contributed by atoms with van der Waals surface area (Å²) in [5.74, 6) is 3.89. The number of nitrogens with zero attached hydrogens (tertiary/aromatic N) is 7. The molecule has 0 spiro atoms. The van der Waals surface area contributed by atoms with E-state index in [0.717, 1.165) is 69.7 Å². The number of aliphatic imine (C=N–C) groups is 4. The van der Waals surface area contributed by atoms with E-state index in [2.05, 4.69) is 53.4 Å². The molecule has 0 saturated carbocycles. The molecule has 5 aliphatic rings. The third-order valence-electron chi connectivity index (χ3n) is 7.20. The van der Waals surface area contributed by atoms with Gasteiger partial charge in [0, 0.05) is 53.0 Å². The molecule has 9 nitrogen and oxygen atoms in total. The Morgan fingerprint density at radius 1 is 0.633 bits per heavy atom. The van der Waals surface area contributed by atoms with E-state index >= 15 is 0 Å². The van der Waals surface area contributed by atoms with Crippen molar-refractivity contribution in [2.45, 2.75) is 37.5 Å². The molecule has 2 N–H and O–H groups in total. The van der Waals surface area contributed by atoms with E-state index < -0.39 is 0 Å². The lowest BCUT2D eigenvalue weighted by Crippen LogP contribution is -2.76. The van der Waals surface area contributed by atoms with Crippen LogP contribution in [0.25, 0.3) is 0 Å². The van der Waals surface area contributed by atoms with Crippen molar-refractivity contribution in [3.05, 3.63) is 0 Å². The summed E-state index contributed by atoms with van der Waals surface area (Å²) in [4.78, 5) is 26.5. The van der Waals surface area contributed by atoms with Gasteiger partial charge in [0.15, 0.2) is 0 Å². The fourth-order valence-electron chi connectivity index (χ4n) is 5.45. The van der Waals surface area contributed by atoms with Gasteiger partial charge in [0.25, 0.3) is 0 Å². The third-order valence-corrected chi connectivity index (χ3v) is 7.20. The zero-order valence-electron chi connectivity index (χ0n) is 18.7. The lowest BCUT2D eigenvalue weighted by atomic mass is 9.86. The Morgan fingerprint density at radius 3 is 1.43 bits per heavy atom. The zero-order chi connectivity index (χ0) is 20.8. The standard InChI is InChI=1S/C21H35N9/c1-13-5-6-22-14(13)15-16(19-23-7-10-28(19)2)27-18(21-25-9-12-30(21)4)17(26-15)20-24-8-11-29(20)3/h13,15-18,26-27H,5-12H2,1-4H3. The molecule has 1 saturated heterocycles. The summed E-state index contributed by atoms with van der Waals surface area (Å²) < 4.78 is 0. The molecule has 0 radical (unpaired) electrons. The molecule has 0 aromatic heterocycles. The van der Waals surface area contributed by atoms with Crippen molar-refractivity contribution in [3.8, 4) is 0 Å². The largest absolute Gasteiger partial charge is 0.360 e. The summed E-state index contributed by atoms with van der Waals surface area (Å²) in [5, 5.41) is 8.01. The molecule has 0 bridgehead atoms. The van der Waals surface area contributed by atoms with Crippen LogP contribution in [0, 0.1) is 5.92 Å². The van der Waals surface area contributed by atoms with E-state index in [4.69, 9.17) is 20.0 Å². The highest BCUT2D eigenvalue weighted by Crippen LogP contribution is 2.25. The van der Waals surface area contributed by atoms with Gasteiger partial charge in [-0.25, -0.2) is 0 Å². The van der Waals surface area contributed by atoms with Crippen molar-refractivity contribution >= 4 is 23.2 Å². The van der Waals surface area contributed by atoms with Crippen LogP contribution in [0.1, 0.15) is 13.3 Å². The lowest BCUT2D eigenvalue weighted by molar-refractivity contribution is 0.326. The van der Waals surface area contributed by atoms with Gasteiger partial charge >= 0.3 is 0 Å². The fraction of sp³-hybridized carbons (Fsp3) is 0.810. The van der Waals surface area contributed by atoms with Crippen LogP contribution in [0.3, 0.4) is 0 Å². The number of amidine groups is 3. The van der Waals surface area contributed by atoms with Gasteiger partial charge in [-0.2, -0.15) is 0 Å². The van der Waals surface area contributed by atoms with Gasteiger partial charge in [-0.1, -0.05) is 6.92 Å². The Morgan fingerprint density at radius 2 is 1.07 bits per heavy atom. The van der Waals surface area contributed by atoms with Crippen LogP contribution in [0.2, 0.25) is 0 Å². The molecule has 9 heteroatoms. The second kappa shape index (κ2) is 7.92. The van der Waals surface area contributed by atoms with E-state index in [1.54, 1.807) is 0 Å². The van der Waals surface area contributed by atoms with Crippen LogP contribution < -0.4 is 10.6 Å². The number of hydrogen-bond acceptors (Lipinski definition) is 9. The molecule has 0 aromatic carbocycles. The van der Waals surface area contributed by atoms with Crippen LogP contribution in [-0.4, -0.2) is 129 Å². The highest BCUT2D eigenvalue weighted by molar-refractivity contribution is 6.05. The van der Waals surface area contributed by atoms with Crippen LogP contribution in [0.5, 0.6) is 0 Å². The fourth-order valence-corrected chi connectivity index (χ4v) is 5.45. The average Bonchev–Trinajstić information content (AvgIpc) is 3.51. The van der Waals surface area contributed by atoms with E-state index in [1.807, 2.05) is 0 Å². The van der Waals surface area contributed by atoms with E-state index in [-0.39, 0.29) is 24.2 Å². The highest BCUT2D eigenvalue weighted by Gasteiger charge is 2.48. The van der Waals surface area contributed by atoms with E-state index in [0.29, 0.717) is 5.92 Å². The van der Waals surface area contributed by atoms with Gasteiger partial charge in [0.2, 0.25) is 0 Å². The normalized spacial score (nSPS) is 36.9. The first kappa shape index (κ1) is 19.9. The molecule has 5 atom stereocenters. The number of rotatable bonds is 4. The Bertz CT molecular complexity index is 670. The van der Waals surface area contributed by atoms with Crippen LogP contribution >= 0.6 is 0 Å². The maximum Gasteiger partial charge on any atom is 0.118 e. The van der Waals surface area contributed by atoms with Crippen LogP contribution in [-0.2, 0) is 0 Å². The smallest absolute Gasteiger partial charge is 0.118 e. The van der Waals surface area contributed by atoms with Crippen molar-refractivity contribution < 1.29 is 0 Å². The molecular formula is C21H35N9. The molecule has 0 aromatic rings. The molecule has 0 aliphatic carbocycles. The van der Waals surface area contributed by atoms with Gasteiger partial charge in [0.1, 0.15) is 17.5 Å². The van der Waals surface area contributed by atoms with Crippen molar-refractivity contribution in [1.29, 1.82) is 0 Å². The van der Waals surface area contributed by atoms with Gasteiger partial charge in [-0.05, 0) is 12.3 Å². The summed E-state index contributed by atoms with van der Waals surface area (Å²) in [6.45, 7) is 8.74. The zero-order valence-corrected chi connectivity index (χ0v) is 18.7. The SMILES string of the molecule is CC1CCN=C1C1NC(C2=NCCN2C)C(C2=NCCN2C)NC1C1=NCCN1C. The van der Waals surface area contributed by atoms with Gasteiger partial charge in [-0.15, -0.1) is 0 Å². The quantitative estimate of drug-likeness (QED) is 0.628. The summed E-state index contributed by atoms with van der Waals surface area (Å²) in [6, 6.07) is 0.335. The van der Waals surface area contributed by atoms with Crippen molar-refractivity contribution in [2.24, 2.45) is 25.9 Å². The number of piperazine rings is 1. The van der Waals surface area contributed by atoms with Gasteiger partial charge < -0.3 is 14.7 Å². The maximum atomic E-state index is 4.95. The molecule has 0 amide bonds. The first-order valence-corrected chi connectivity index (χ1v) is 11.4. The molecule has 1 fully saturated rings.